The van der Waals surface area contributed by atoms with Crippen molar-refractivity contribution in [3.05, 3.63) is 148 Å². The van der Waals surface area contributed by atoms with Crippen molar-refractivity contribution in [2.45, 2.75) is 26.5 Å². The quantitative estimate of drug-likeness (QED) is 0.0236. The van der Waals surface area contributed by atoms with Gasteiger partial charge in [-0.05, 0) is 97.4 Å². The Hall–Kier alpha value is -9.25. The van der Waals surface area contributed by atoms with E-state index in [0.29, 0.717) is 22.0 Å². The van der Waals surface area contributed by atoms with Crippen molar-refractivity contribution < 1.29 is 64.9 Å². The fourth-order valence-corrected chi connectivity index (χ4v) is 12.7. The number of azo groups is 2. The van der Waals surface area contributed by atoms with Gasteiger partial charge < -0.3 is 26.6 Å². The Morgan fingerprint density at radius 1 is 0.528 bits per heavy atom. The van der Waals surface area contributed by atoms with E-state index in [1.807, 2.05) is 6.07 Å². The van der Waals surface area contributed by atoms with Gasteiger partial charge in [-0.25, -0.2) is 4.98 Å². The number of hydrogen-bond donors (Lipinski definition) is 10. The molecule has 0 saturated heterocycles. The van der Waals surface area contributed by atoms with Gasteiger partial charge >= 0.3 is 0 Å². The highest BCUT2D eigenvalue weighted by Gasteiger charge is 2.26. The summed E-state index contributed by atoms with van der Waals surface area (Å²) in [5.41, 5.74) is -0.0364. The molecule has 0 radical (unpaired) electrons. The standard InChI is InChI=1S/C51H37Cl2N15O15S6/c1-26-35(24-54)45(58-31-17-18-37(53)42(22-31)89(81,82)83)61-46(57-29-15-11-28(52)12-16-29)44(26)66-67-47-36(25-55)43(48(84-47)68-65-32-21-34-33(41(23-32)88(78,79)80)5-4-8-39(34)86(72,73)74)27-9-13-30(14-10-27)59-50-62-49(56-19-20-85(69,70)71)63-51(64-50)60-38-6-2-3-7-40(38)87(75,76)77/h2-18,21-23H,19-20H2,1H3,(H2,57,58,61)(H,69,70,71)(H,72,73,74)(H,75,76,77)(H,78,79,80)(H,81,82,83)(H3,56,59,60,62,63,64). The Labute approximate surface area is 518 Å². The van der Waals surface area contributed by atoms with Crippen LogP contribution >= 0.6 is 34.5 Å². The molecule has 0 aliphatic carbocycles. The monoisotopic (exact) mass is 1360 g/mol. The molecule has 3 aromatic heterocycles. The molecule has 10 N–H and O–H groups in total. The second-order valence-corrected chi connectivity index (χ2v) is 27.1. The van der Waals surface area contributed by atoms with Gasteiger partial charge in [0.1, 0.15) is 48.0 Å². The molecular weight excluding hydrogens is 1330 g/mol. The van der Waals surface area contributed by atoms with E-state index in [0.717, 1.165) is 36.4 Å². The molecular formula is C51H37Cl2N15O15S6. The zero-order chi connectivity index (χ0) is 64.4. The van der Waals surface area contributed by atoms with E-state index < -0.39 is 82.5 Å². The number of aromatic nitrogens is 4. The van der Waals surface area contributed by atoms with Crippen LogP contribution in [0.15, 0.2) is 161 Å². The van der Waals surface area contributed by atoms with E-state index in [4.69, 9.17) is 23.2 Å². The summed E-state index contributed by atoms with van der Waals surface area (Å²) in [6.45, 7) is 1.07. The van der Waals surface area contributed by atoms with Crippen LogP contribution in [0.3, 0.4) is 0 Å². The van der Waals surface area contributed by atoms with Crippen LogP contribution in [0.1, 0.15) is 16.7 Å². The predicted molar refractivity (Wildman–Crippen MR) is 327 cm³/mol. The Balaban J connectivity index is 1.17. The van der Waals surface area contributed by atoms with Gasteiger partial charge in [0.15, 0.2) is 16.6 Å². The van der Waals surface area contributed by atoms with Gasteiger partial charge in [-0.2, -0.15) is 67.6 Å². The lowest BCUT2D eigenvalue weighted by molar-refractivity contribution is 0.481. The number of thiophene rings is 1. The summed E-state index contributed by atoms with van der Waals surface area (Å²) < 4.78 is 172. The summed E-state index contributed by atoms with van der Waals surface area (Å²) in [6.07, 6.45) is 0. The molecule has 0 atom stereocenters. The summed E-state index contributed by atoms with van der Waals surface area (Å²) in [6, 6.07) is 30.2. The lowest BCUT2D eigenvalue weighted by atomic mass is 10.0. The van der Waals surface area contributed by atoms with Gasteiger partial charge in [-0.1, -0.05) is 70.9 Å². The molecule has 6 aromatic carbocycles. The molecule has 0 unspecified atom stereocenters. The molecule has 30 nitrogen and oxygen atoms in total. The summed E-state index contributed by atoms with van der Waals surface area (Å²) >= 11 is 12.9. The Bertz CT molecular complexity index is 5110. The summed E-state index contributed by atoms with van der Waals surface area (Å²) in [4.78, 5) is 14.5. The number of halogens is 2. The minimum Gasteiger partial charge on any atom is -0.353 e. The van der Waals surface area contributed by atoms with Crippen molar-refractivity contribution >= 4 is 170 Å². The average molecular weight is 1360 g/mol. The normalized spacial score (nSPS) is 12.2. The van der Waals surface area contributed by atoms with Gasteiger partial charge in [-0.3, -0.25) is 22.8 Å². The maximum absolute atomic E-state index is 12.7. The van der Waals surface area contributed by atoms with Crippen molar-refractivity contribution in [2.75, 3.05) is 38.9 Å². The third kappa shape index (κ3) is 15.4. The van der Waals surface area contributed by atoms with Crippen LogP contribution in [-0.4, -0.2) is 97.1 Å². The predicted octanol–water partition coefficient (Wildman–Crippen LogP) is 11.6. The van der Waals surface area contributed by atoms with Gasteiger partial charge in [0.05, 0.1) is 27.7 Å². The molecule has 456 valence electrons. The smallest absolute Gasteiger partial charge is 0.296 e. The number of fused-ring (bicyclic) bond motifs is 1. The van der Waals surface area contributed by atoms with E-state index in [1.165, 1.54) is 67.6 Å². The number of nitriles is 2. The highest BCUT2D eigenvalue weighted by atomic mass is 35.5. The number of nitrogens with zero attached hydrogens (tertiary/aromatic N) is 10. The van der Waals surface area contributed by atoms with Gasteiger partial charge in [0, 0.05) is 50.5 Å². The molecule has 3 heterocycles. The second-order valence-electron chi connectivity index (χ2n) is 18.2. The van der Waals surface area contributed by atoms with Crippen molar-refractivity contribution in [3.8, 4) is 23.3 Å². The highest BCUT2D eigenvalue weighted by molar-refractivity contribution is 7.87. The molecule has 0 spiro atoms. The van der Waals surface area contributed by atoms with E-state index >= 15 is 0 Å². The lowest BCUT2D eigenvalue weighted by Gasteiger charge is -2.16. The minimum absolute atomic E-state index is 0.00415. The number of nitrogens with one attached hydrogen (secondary N) is 5. The number of rotatable bonds is 21. The first-order chi connectivity index (χ1) is 41.9. The molecule has 38 heteroatoms. The van der Waals surface area contributed by atoms with E-state index in [2.05, 4.69) is 73.0 Å². The first-order valence-electron chi connectivity index (χ1n) is 24.5. The first-order valence-corrected chi connectivity index (χ1v) is 33.4. The number of benzene rings is 6. The van der Waals surface area contributed by atoms with Crippen LogP contribution in [0.5, 0.6) is 0 Å². The molecule has 9 aromatic rings. The van der Waals surface area contributed by atoms with Crippen LogP contribution in [0.4, 0.5) is 73.6 Å². The van der Waals surface area contributed by atoms with Crippen LogP contribution in [-0.2, 0) is 50.6 Å². The SMILES string of the molecule is Cc1c(C#N)c(Nc2ccc(Cl)c(S(=O)(=O)O)c2)nc(Nc2ccc(Cl)cc2)c1N=Nc1sc(N=Nc2cc(S(=O)(=O)O)c3cccc(S(=O)(=O)O)c3c2)c(-c2ccc(Nc3nc(NCCS(=O)(=O)O)nc(Nc4ccccc4S(=O)(=O)O)n3)cc2)c1C#N. The van der Waals surface area contributed by atoms with E-state index in [9.17, 15) is 75.4 Å². The molecule has 0 fully saturated rings. The molecule has 0 aliphatic rings. The van der Waals surface area contributed by atoms with Crippen LogP contribution in [0.2, 0.25) is 10.0 Å². The molecule has 0 bridgehead atoms. The van der Waals surface area contributed by atoms with Crippen molar-refractivity contribution in [1.29, 1.82) is 10.5 Å². The van der Waals surface area contributed by atoms with Crippen LogP contribution in [0, 0.1) is 29.6 Å². The highest BCUT2D eigenvalue weighted by Crippen LogP contribution is 2.49. The third-order valence-electron chi connectivity index (χ3n) is 12.2. The molecule has 0 aliphatic heterocycles. The average Bonchev–Trinajstić information content (AvgIpc) is 2.05. The Morgan fingerprint density at radius 3 is 1.74 bits per heavy atom. The van der Waals surface area contributed by atoms with Crippen LogP contribution in [0.25, 0.3) is 21.9 Å². The van der Waals surface area contributed by atoms with E-state index in [1.54, 1.807) is 24.3 Å². The van der Waals surface area contributed by atoms with Gasteiger partial charge in [0.2, 0.25) is 17.8 Å². The largest absolute Gasteiger partial charge is 0.353 e. The topological polar surface area (TPSA) is 481 Å². The molecule has 0 amide bonds. The number of pyridine rings is 1. The molecule has 0 saturated carbocycles. The number of hydrogen-bond acceptors (Lipinski definition) is 26. The fourth-order valence-electron chi connectivity index (χ4n) is 8.26. The van der Waals surface area contributed by atoms with Crippen LogP contribution < -0.4 is 26.6 Å². The lowest BCUT2D eigenvalue weighted by Crippen LogP contribution is -2.17. The fraction of sp³-hybridized carbons (Fsp3) is 0.0588. The summed E-state index contributed by atoms with van der Waals surface area (Å²) in [5, 5.41) is 52.2. The van der Waals surface area contributed by atoms with Gasteiger partial charge in [-0.15, -0.1) is 20.5 Å². The van der Waals surface area contributed by atoms with Gasteiger partial charge in [0.25, 0.3) is 50.6 Å². The second kappa shape index (κ2) is 25.5. The minimum atomic E-state index is -5.12. The Morgan fingerprint density at radius 2 is 1.10 bits per heavy atom. The van der Waals surface area contributed by atoms with Crippen molar-refractivity contribution in [1.82, 2.24) is 19.9 Å². The number of para-hydroxylation sites is 1. The zero-order valence-corrected chi connectivity index (χ0v) is 50.9. The Kier molecular flexibility index (Phi) is 18.4. The van der Waals surface area contributed by atoms with E-state index in [-0.39, 0.29) is 112 Å². The maximum Gasteiger partial charge on any atom is 0.296 e. The van der Waals surface area contributed by atoms with Crippen molar-refractivity contribution in [3.63, 3.8) is 0 Å². The first kappa shape index (κ1) is 64.2. The summed E-state index contributed by atoms with van der Waals surface area (Å²) in [7, 11) is -24.2. The summed E-state index contributed by atoms with van der Waals surface area (Å²) in [5.74, 6) is -1.84. The third-order valence-corrected chi connectivity index (χ3v) is 18.1. The maximum atomic E-state index is 12.7. The van der Waals surface area contributed by atoms with Crippen molar-refractivity contribution in [2.24, 2.45) is 20.5 Å². The zero-order valence-electron chi connectivity index (χ0n) is 44.5. The molecule has 89 heavy (non-hydrogen) atoms. The molecule has 9 rings (SSSR count). The number of anilines is 9.